The molecule has 114 valence electrons. The van der Waals surface area contributed by atoms with Crippen LogP contribution in [0.25, 0.3) is 0 Å². The molecule has 0 bridgehead atoms. The van der Waals surface area contributed by atoms with Gasteiger partial charge in [-0.2, -0.15) is 0 Å². The van der Waals surface area contributed by atoms with Crippen LogP contribution >= 0.6 is 15.9 Å². The number of piperazine rings is 1. The zero-order valence-corrected chi connectivity index (χ0v) is 13.2. The third-order valence-electron chi connectivity index (χ3n) is 3.35. The number of nitrogens with one attached hydrogen (secondary N) is 1. The van der Waals surface area contributed by atoms with E-state index < -0.39 is 5.97 Å². The smallest absolute Gasteiger partial charge is 0.317 e. The maximum atomic E-state index is 12.1. The van der Waals surface area contributed by atoms with Gasteiger partial charge in [0.05, 0.1) is 6.54 Å². The largest absolute Gasteiger partial charge is 0.480 e. The molecule has 2 amide bonds. The number of carbonyl (C=O) groups excluding carboxylic acids is 1. The Morgan fingerprint density at radius 2 is 1.95 bits per heavy atom. The molecule has 1 heterocycles. The van der Waals surface area contributed by atoms with E-state index in [9.17, 15) is 9.59 Å². The summed E-state index contributed by atoms with van der Waals surface area (Å²) in [5.41, 5.74) is 1.03. The molecule has 0 aromatic heterocycles. The number of aliphatic carboxylic acids is 1. The van der Waals surface area contributed by atoms with Gasteiger partial charge in [0, 0.05) is 37.2 Å². The predicted molar refractivity (Wildman–Crippen MR) is 82.0 cm³/mol. The van der Waals surface area contributed by atoms with Crippen molar-refractivity contribution in [2.24, 2.45) is 0 Å². The molecule has 0 saturated carbocycles. The molecule has 0 spiro atoms. The molecule has 0 radical (unpaired) electrons. The minimum atomic E-state index is -0.831. The Hall–Kier alpha value is -1.60. The predicted octanol–water partition coefficient (Wildman–Crippen LogP) is 1.36. The number of nitrogens with zero attached hydrogens (tertiary/aromatic N) is 2. The molecule has 2 N–H and O–H groups in total. The van der Waals surface area contributed by atoms with E-state index in [1.165, 1.54) is 0 Å². The molecule has 0 atom stereocenters. The second-order valence-corrected chi connectivity index (χ2v) is 5.86. The number of benzene rings is 1. The van der Waals surface area contributed by atoms with Crippen molar-refractivity contribution in [1.29, 1.82) is 0 Å². The zero-order chi connectivity index (χ0) is 15.2. The van der Waals surface area contributed by atoms with Crippen LogP contribution in [0.2, 0.25) is 0 Å². The van der Waals surface area contributed by atoms with Crippen LogP contribution in [-0.4, -0.2) is 59.6 Å². The van der Waals surface area contributed by atoms with Gasteiger partial charge in [-0.3, -0.25) is 9.69 Å². The zero-order valence-electron chi connectivity index (χ0n) is 11.6. The number of carbonyl (C=O) groups is 2. The summed E-state index contributed by atoms with van der Waals surface area (Å²) in [6, 6.07) is 7.68. The summed E-state index contributed by atoms with van der Waals surface area (Å²) in [5, 5.41) is 11.6. The highest BCUT2D eigenvalue weighted by molar-refractivity contribution is 9.10. The van der Waals surface area contributed by atoms with Crippen molar-refractivity contribution in [3.8, 4) is 0 Å². The van der Waals surface area contributed by atoms with Crippen LogP contribution in [-0.2, 0) is 11.3 Å². The maximum absolute atomic E-state index is 12.1. The lowest BCUT2D eigenvalue weighted by atomic mass is 10.2. The summed E-state index contributed by atoms with van der Waals surface area (Å²) >= 11 is 3.40. The molecule has 0 unspecified atom stereocenters. The van der Waals surface area contributed by atoms with E-state index in [2.05, 4.69) is 21.2 Å². The molecule has 1 aliphatic heterocycles. The first kappa shape index (κ1) is 15.8. The highest BCUT2D eigenvalue weighted by atomic mass is 79.9. The highest BCUT2D eigenvalue weighted by Crippen LogP contribution is 2.11. The Balaban J connectivity index is 1.76. The minimum Gasteiger partial charge on any atom is -0.480 e. The number of halogens is 1. The van der Waals surface area contributed by atoms with Crippen molar-refractivity contribution in [3.05, 3.63) is 34.3 Å². The van der Waals surface area contributed by atoms with Crippen molar-refractivity contribution >= 4 is 27.9 Å². The average molecular weight is 356 g/mol. The Bertz CT molecular complexity index is 516. The van der Waals surface area contributed by atoms with Crippen LogP contribution in [0.1, 0.15) is 5.56 Å². The summed E-state index contributed by atoms with van der Waals surface area (Å²) in [6.45, 7) is 2.81. The molecule has 21 heavy (non-hydrogen) atoms. The summed E-state index contributed by atoms with van der Waals surface area (Å²) < 4.78 is 0.983. The number of hydrogen-bond donors (Lipinski definition) is 2. The Morgan fingerprint density at radius 3 is 2.57 bits per heavy atom. The van der Waals surface area contributed by atoms with E-state index in [1.54, 1.807) is 4.90 Å². The average Bonchev–Trinajstić information content (AvgIpc) is 2.45. The fraction of sp³-hybridized carbons (Fsp3) is 0.429. The molecular weight excluding hydrogens is 338 g/mol. The van der Waals surface area contributed by atoms with Crippen molar-refractivity contribution in [1.82, 2.24) is 15.1 Å². The van der Waals surface area contributed by atoms with Crippen LogP contribution in [0.4, 0.5) is 4.79 Å². The molecule has 0 aliphatic carbocycles. The van der Waals surface area contributed by atoms with E-state index in [4.69, 9.17) is 5.11 Å². The Morgan fingerprint density at radius 1 is 1.24 bits per heavy atom. The summed E-state index contributed by atoms with van der Waals surface area (Å²) in [4.78, 5) is 26.2. The van der Waals surface area contributed by atoms with E-state index in [0.717, 1.165) is 10.0 Å². The molecule has 2 rings (SSSR count). The van der Waals surface area contributed by atoms with E-state index in [1.807, 2.05) is 29.2 Å². The first-order valence-corrected chi connectivity index (χ1v) is 7.55. The van der Waals surface area contributed by atoms with Gasteiger partial charge in [-0.15, -0.1) is 0 Å². The standard InChI is InChI=1S/C14H18BrN3O3/c15-12-3-1-2-11(8-12)9-16-14(21)18-6-4-17(5-7-18)10-13(19)20/h1-3,8H,4-7,9-10H2,(H,16,21)(H,19,20). The van der Waals surface area contributed by atoms with Gasteiger partial charge in [0.1, 0.15) is 0 Å². The van der Waals surface area contributed by atoms with Crippen molar-refractivity contribution in [2.45, 2.75) is 6.54 Å². The van der Waals surface area contributed by atoms with Gasteiger partial charge in [-0.1, -0.05) is 28.1 Å². The highest BCUT2D eigenvalue weighted by Gasteiger charge is 2.21. The van der Waals surface area contributed by atoms with Crippen LogP contribution in [0.5, 0.6) is 0 Å². The third kappa shape index (κ3) is 5.02. The van der Waals surface area contributed by atoms with Crippen LogP contribution in [0, 0.1) is 0 Å². The number of carboxylic acid groups (broad SMARTS) is 1. The van der Waals surface area contributed by atoms with Gasteiger partial charge in [0.25, 0.3) is 0 Å². The SMILES string of the molecule is O=C(O)CN1CCN(C(=O)NCc2cccc(Br)c2)CC1. The van der Waals surface area contributed by atoms with E-state index >= 15 is 0 Å². The van der Waals surface area contributed by atoms with Gasteiger partial charge >= 0.3 is 12.0 Å². The summed E-state index contributed by atoms with van der Waals surface area (Å²) in [6.07, 6.45) is 0. The molecule has 1 aliphatic rings. The fourth-order valence-corrected chi connectivity index (χ4v) is 2.68. The normalized spacial score (nSPS) is 15.8. The van der Waals surface area contributed by atoms with Crippen LogP contribution < -0.4 is 5.32 Å². The summed E-state index contributed by atoms with van der Waals surface area (Å²) in [7, 11) is 0. The second kappa shape index (κ2) is 7.42. The Kier molecular flexibility index (Phi) is 5.58. The van der Waals surface area contributed by atoms with Gasteiger partial charge < -0.3 is 15.3 Å². The lowest BCUT2D eigenvalue weighted by Gasteiger charge is -2.33. The van der Waals surface area contributed by atoms with Crippen molar-refractivity contribution in [2.75, 3.05) is 32.7 Å². The lowest BCUT2D eigenvalue weighted by molar-refractivity contribution is -0.138. The first-order valence-electron chi connectivity index (χ1n) is 6.76. The fourth-order valence-electron chi connectivity index (χ4n) is 2.24. The molecule has 1 aromatic rings. The van der Waals surface area contributed by atoms with Crippen LogP contribution in [0.15, 0.2) is 28.7 Å². The number of amides is 2. The van der Waals surface area contributed by atoms with Crippen molar-refractivity contribution < 1.29 is 14.7 Å². The second-order valence-electron chi connectivity index (χ2n) is 4.95. The van der Waals surface area contributed by atoms with Gasteiger partial charge in [-0.05, 0) is 17.7 Å². The lowest BCUT2D eigenvalue weighted by Crippen LogP contribution is -2.52. The maximum Gasteiger partial charge on any atom is 0.317 e. The van der Waals surface area contributed by atoms with Gasteiger partial charge in [0.15, 0.2) is 0 Å². The molecule has 1 aromatic carbocycles. The first-order chi connectivity index (χ1) is 10.0. The molecule has 1 saturated heterocycles. The number of carboxylic acids is 1. The third-order valence-corrected chi connectivity index (χ3v) is 3.84. The number of hydrogen-bond acceptors (Lipinski definition) is 3. The molecular formula is C14H18BrN3O3. The van der Waals surface area contributed by atoms with Gasteiger partial charge in [0.2, 0.25) is 0 Å². The summed E-state index contributed by atoms with van der Waals surface area (Å²) in [5.74, 6) is -0.831. The molecule has 7 heteroatoms. The van der Waals surface area contributed by atoms with E-state index in [0.29, 0.717) is 32.7 Å². The van der Waals surface area contributed by atoms with Crippen LogP contribution in [0.3, 0.4) is 0 Å². The van der Waals surface area contributed by atoms with Gasteiger partial charge in [-0.25, -0.2) is 4.79 Å². The number of rotatable bonds is 4. The topological polar surface area (TPSA) is 72.9 Å². The van der Waals surface area contributed by atoms with E-state index in [-0.39, 0.29) is 12.6 Å². The number of urea groups is 1. The molecule has 6 nitrogen and oxygen atoms in total. The monoisotopic (exact) mass is 355 g/mol. The molecule has 1 fully saturated rings. The Labute approximate surface area is 131 Å². The minimum absolute atomic E-state index is 0.0352. The quantitative estimate of drug-likeness (QED) is 0.855. The van der Waals surface area contributed by atoms with Crippen molar-refractivity contribution in [3.63, 3.8) is 0 Å².